The minimum atomic E-state index is -0.599. The van der Waals surface area contributed by atoms with Crippen LogP contribution in [0.25, 0.3) is 0 Å². The van der Waals surface area contributed by atoms with Crippen molar-refractivity contribution in [2.75, 3.05) is 47.1 Å². The molecule has 0 aliphatic carbocycles. The van der Waals surface area contributed by atoms with Crippen LogP contribution in [-0.2, 0) is 4.74 Å². The minimum Gasteiger partial charge on any atom is -0.493 e. The lowest BCUT2D eigenvalue weighted by Crippen LogP contribution is -2.27. The van der Waals surface area contributed by atoms with Gasteiger partial charge >= 0.3 is 0 Å². The van der Waals surface area contributed by atoms with Crippen LogP contribution in [0.3, 0.4) is 0 Å². The predicted octanol–water partition coefficient (Wildman–Crippen LogP) is 1.78. The van der Waals surface area contributed by atoms with E-state index in [4.69, 9.17) is 14.2 Å². The van der Waals surface area contributed by atoms with E-state index in [1.54, 1.807) is 0 Å². The number of methoxy groups -OCH3 is 2. The molecule has 0 radical (unpaired) electrons. The largest absolute Gasteiger partial charge is 0.493 e. The monoisotopic (exact) mass is 403 g/mol. The Bertz CT molecular complexity index is 637. The molecule has 9 nitrogen and oxygen atoms in total. The molecule has 1 aliphatic rings. The smallest absolute Gasteiger partial charge is 0.286 e. The number of nitro benzene ring substituents is 1. The van der Waals surface area contributed by atoms with E-state index in [9.17, 15) is 14.9 Å². The van der Waals surface area contributed by atoms with Crippen LogP contribution in [0.2, 0.25) is 0 Å². The molecule has 1 aromatic carbocycles. The molecule has 1 atom stereocenters. The number of hydrogen-bond donors (Lipinski definition) is 2. The van der Waals surface area contributed by atoms with Gasteiger partial charge in [0.05, 0.1) is 24.7 Å². The van der Waals surface area contributed by atoms with E-state index in [2.05, 4.69) is 10.6 Å². The second-order valence-electron chi connectivity index (χ2n) is 6.02. The van der Waals surface area contributed by atoms with E-state index >= 15 is 0 Å². The highest BCUT2D eigenvalue weighted by molar-refractivity contribution is 5.99. The van der Waals surface area contributed by atoms with Crippen molar-refractivity contribution < 1.29 is 23.9 Å². The average molecular weight is 404 g/mol. The van der Waals surface area contributed by atoms with Crippen molar-refractivity contribution in [1.29, 1.82) is 0 Å². The minimum absolute atomic E-state index is 0. The van der Waals surface area contributed by atoms with Crippen molar-refractivity contribution in [2.24, 2.45) is 5.92 Å². The highest BCUT2D eigenvalue weighted by Crippen LogP contribution is 2.34. The van der Waals surface area contributed by atoms with Crippen LogP contribution in [0.5, 0.6) is 11.5 Å². The van der Waals surface area contributed by atoms with Gasteiger partial charge in [-0.1, -0.05) is 0 Å². The van der Waals surface area contributed by atoms with Gasteiger partial charge in [0.1, 0.15) is 12.2 Å². The van der Waals surface area contributed by atoms with Gasteiger partial charge in [0, 0.05) is 19.7 Å². The zero-order valence-corrected chi connectivity index (χ0v) is 16.3. The molecule has 10 heteroatoms. The van der Waals surface area contributed by atoms with E-state index in [0.29, 0.717) is 19.1 Å². The van der Waals surface area contributed by atoms with Gasteiger partial charge in [-0.2, -0.15) is 0 Å². The van der Waals surface area contributed by atoms with Crippen molar-refractivity contribution >= 4 is 24.0 Å². The predicted molar refractivity (Wildman–Crippen MR) is 102 cm³/mol. The average Bonchev–Trinajstić information content (AvgIpc) is 3.14. The van der Waals surface area contributed by atoms with Crippen LogP contribution < -0.4 is 20.1 Å². The molecule has 1 aromatic rings. The van der Waals surface area contributed by atoms with E-state index in [1.165, 1.54) is 26.4 Å². The zero-order valence-electron chi connectivity index (χ0n) is 15.5. The third-order valence-electron chi connectivity index (χ3n) is 4.27. The van der Waals surface area contributed by atoms with Crippen LogP contribution in [0, 0.1) is 16.0 Å². The topological polar surface area (TPSA) is 112 Å². The highest BCUT2D eigenvalue weighted by Gasteiger charge is 2.25. The first-order valence-electron chi connectivity index (χ1n) is 8.54. The lowest BCUT2D eigenvalue weighted by molar-refractivity contribution is -0.385. The molecule has 1 amide bonds. The SMILES string of the molecule is COCCOc1cc([N+](=O)[O-])c(C(=O)NCCC2CCNC2)cc1OC.Cl. The molecule has 1 saturated heterocycles. The van der Waals surface area contributed by atoms with Crippen molar-refractivity contribution in [2.45, 2.75) is 12.8 Å². The molecular formula is C17H26ClN3O6. The third-order valence-corrected chi connectivity index (χ3v) is 4.27. The van der Waals surface area contributed by atoms with Gasteiger partial charge in [-0.25, -0.2) is 0 Å². The van der Waals surface area contributed by atoms with E-state index < -0.39 is 10.8 Å². The maximum atomic E-state index is 12.4. The van der Waals surface area contributed by atoms with Gasteiger partial charge in [-0.15, -0.1) is 12.4 Å². The van der Waals surface area contributed by atoms with Crippen LogP contribution in [-0.4, -0.2) is 57.9 Å². The lowest BCUT2D eigenvalue weighted by Gasteiger charge is -2.13. The summed E-state index contributed by atoms with van der Waals surface area (Å²) in [7, 11) is 2.94. The molecule has 2 N–H and O–H groups in total. The molecule has 152 valence electrons. The maximum Gasteiger partial charge on any atom is 0.286 e. The quantitative estimate of drug-likeness (QED) is 0.348. The van der Waals surface area contributed by atoms with Gasteiger partial charge in [0.15, 0.2) is 11.5 Å². The first kappa shape index (κ1) is 22.9. The molecule has 0 aromatic heterocycles. The number of carbonyl (C=O) groups excluding carboxylic acids is 1. The fraction of sp³-hybridized carbons (Fsp3) is 0.588. The summed E-state index contributed by atoms with van der Waals surface area (Å²) in [6.07, 6.45) is 1.92. The number of nitrogens with zero attached hydrogens (tertiary/aromatic N) is 1. The third kappa shape index (κ3) is 6.53. The Morgan fingerprint density at radius 1 is 1.33 bits per heavy atom. The Balaban J connectivity index is 0.00000364. The van der Waals surface area contributed by atoms with Crippen molar-refractivity contribution in [3.63, 3.8) is 0 Å². The van der Waals surface area contributed by atoms with Crippen LogP contribution in [0.15, 0.2) is 12.1 Å². The van der Waals surface area contributed by atoms with Crippen molar-refractivity contribution in [3.05, 3.63) is 27.8 Å². The molecule has 2 rings (SSSR count). The summed E-state index contributed by atoms with van der Waals surface area (Å²) in [4.78, 5) is 23.2. The van der Waals surface area contributed by atoms with Crippen LogP contribution in [0.4, 0.5) is 5.69 Å². The number of amides is 1. The number of benzene rings is 1. The summed E-state index contributed by atoms with van der Waals surface area (Å²) in [6, 6.07) is 2.55. The molecule has 0 spiro atoms. The first-order chi connectivity index (χ1) is 12.6. The Labute approximate surface area is 164 Å². The molecule has 27 heavy (non-hydrogen) atoms. The molecule has 1 fully saturated rings. The van der Waals surface area contributed by atoms with Gasteiger partial charge in [-0.05, 0) is 31.8 Å². The Morgan fingerprint density at radius 2 is 2.11 bits per heavy atom. The first-order valence-corrected chi connectivity index (χ1v) is 8.54. The summed E-state index contributed by atoms with van der Waals surface area (Å²) >= 11 is 0. The molecule has 1 unspecified atom stereocenters. The van der Waals surface area contributed by atoms with Gasteiger partial charge in [-0.3, -0.25) is 14.9 Å². The number of nitrogens with one attached hydrogen (secondary N) is 2. The summed E-state index contributed by atoms with van der Waals surface area (Å²) in [5.41, 5.74) is -0.367. The van der Waals surface area contributed by atoms with Crippen molar-refractivity contribution in [3.8, 4) is 11.5 Å². The number of nitro groups is 1. The maximum absolute atomic E-state index is 12.4. The Kier molecular flexibility index (Phi) is 9.84. The Morgan fingerprint density at radius 3 is 2.70 bits per heavy atom. The summed E-state index contributed by atoms with van der Waals surface area (Å²) in [6.45, 7) is 2.94. The Hall–Kier alpha value is -2.10. The van der Waals surface area contributed by atoms with E-state index in [1.807, 2.05) is 0 Å². The standard InChI is InChI=1S/C17H25N3O6.ClH/c1-24-7-8-26-16-10-14(20(22)23)13(9-15(16)25-2)17(21)19-6-4-12-3-5-18-11-12;/h9-10,12,18H,3-8,11H2,1-2H3,(H,19,21);1H. The number of ether oxygens (including phenoxy) is 3. The number of rotatable bonds is 10. The summed E-state index contributed by atoms with van der Waals surface area (Å²) in [5, 5.41) is 17.4. The summed E-state index contributed by atoms with van der Waals surface area (Å²) in [5.74, 6) is 0.488. The number of hydrogen-bond acceptors (Lipinski definition) is 7. The van der Waals surface area contributed by atoms with Crippen LogP contribution >= 0.6 is 12.4 Å². The lowest BCUT2D eigenvalue weighted by atomic mass is 10.1. The van der Waals surface area contributed by atoms with E-state index in [-0.39, 0.29) is 41.8 Å². The molecule has 1 aliphatic heterocycles. The number of carbonyl (C=O) groups is 1. The fourth-order valence-electron chi connectivity index (χ4n) is 2.84. The zero-order chi connectivity index (χ0) is 18.9. The van der Waals surface area contributed by atoms with Crippen LogP contribution in [0.1, 0.15) is 23.2 Å². The van der Waals surface area contributed by atoms with E-state index in [0.717, 1.165) is 25.9 Å². The molecular weight excluding hydrogens is 378 g/mol. The molecule has 1 heterocycles. The number of halogens is 1. The normalized spacial score (nSPS) is 15.7. The van der Waals surface area contributed by atoms with Crippen molar-refractivity contribution in [1.82, 2.24) is 10.6 Å². The molecule has 0 bridgehead atoms. The highest BCUT2D eigenvalue weighted by atomic mass is 35.5. The van der Waals surface area contributed by atoms with Gasteiger partial charge in [0.25, 0.3) is 11.6 Å². The summed E-state index contributed by atoms with van der Waals surface area (Å²) < 4.78 is 15.6. The molecule has 0 saturated carbocycles. The second kappa shape index (κ2) is 11.6. The van der Waals surface area contributed by atoms with Gasteiger partial charge in [0.2, 0.25) is 0 Å². The second-order valence-corrected chi connectivity index (χ2v) is 6.02. The fourth-order valence-corrected chi connectivity index (χ4v) is 2.84. The van der Waals surface area contributed by atoms with Gasteiger partial charge < -0.3 is 24.8 Å².